The molecular formula is C10H14O5Zr. The van der Waals surface area contributed by atoms with Crippen LogP contribution in [0.5, 0.6) is 0 Å². The molecule has 0 heterocycles. The number of hydrogen-bond acceptors (Lipinski definition) is 5. The summed E-state index contributed by atoms with van der Waals surface area (Å²) in [6, 6.07) is 0. The van der Waals surface area contributed by atoms with Crippen LogP contribution in [0.3, 0.4) is 0 Å². The molecule has 0 aromatic heterocycles. The zero-order chi connectivity index (χ0) is 13.7. The number of carbonyl (C=O) groups excluding carboxylic acids is 2. The molecule has 0 spiro atoms. The van der Waals surface area contributed by atoms with Crippen molar-refractivity contribution in [3.8, 4) is 0 Å². The van der Waals surface area contributed by atoms with E-state index in [0.29, 0.717) is 24.7 Å². The maximum absolute atomic E-state index is 9.75. The summed E-state index contributed by atoms with van der Waals surface area (Å²) in [7, 11) is 0. The Hall–Kier alpha value is -0.897. The van der Waals surface area contributed by atoms with Crippen molar-refractivity contribution in [3.63, 3.8) is 0 Å². The minimum absolute atomic E-state index is 0.278. The van der Waals surface area contributed by atoms with Crippen molar-refractivity contribution in [2.24, 2.45) is 0 Å². The van der Waals surface area contributed by atoms with Gasteiger partial charge in [-0.2, -0.15) is 0 Å². The summed E-state index contributed by atoms with van der Waals surface area (Å²) in [5.41, 5.74) is 0.556. The van der Waals surface area contributed by atoms with Gasteiger partial charge in [0.05, 0.1) is 11.9 Å². The second-order valence-corrected chi connectivity index (χ2v) is 2.52. The van der Waals surface area contributed by atoms with Gasteiger partial charge < -0.3 is 19.8 Å². The van der Waals surface area contributed by atoms with E-state index in [4.69, 9.17) is 2.81 Å². The van der Waals surface area contributed by atoms with E-state index in [1.807, 2.05) is 0 Å². The van der Waals surface area contributed by atoms with E-state index >= 15 is 0 Å². The number of hydrogen-bond donors (Lipinski definition) is 0. The van der Waals surface area contributed by atoms with E-state index in [2.05, 4.69) is 0 Å². The zero-order valence-corrected chi connectivity index (χ0v) is 12.2. The van der Waals surface area contributed by atoms with Crippen LogP contribution >= 0.6 is 0 Å². The van der Waals surface area contributed by atoms with Crippen molar-refractivity contribution in [1.82, 2.24) is 0 Å². The molecular weight excluding hydrogens is 291 g/mol. The van der Waals surface area contributed by atoms with Crippen molar-refractivity contribution in [1.29, 1.82) is 0 Å². The van der Waals surface area contributed by atoms with Gasteiger partial charge in [-0.1, -0.05) is 12.2 Å². The summed E-state index contributed by atoms with van der Waals surface area (Å²) >= 11 is 0.300. The fourth-order valence-electron chi connectivity index (χ4n) is 0.236. The van der Waals surface area contributed by atoms with E-state index < -0.39 is 11.9 Å². The van der Waals surface area contributed by atoms with Crippen LogP contribution in [-0.4, -0.2) is 11.9 Å². The van der Waals surface area contributed by atoms with Gasteiger partial charge in [0.15, 0.2) is 0 Å². The molecule has 0 aliphatic carbocycles. The Morgan fingerprint density at radius 3 is 1.06 bits per heavy atom. The molecule has 6 heteroatoms. The van der Waals surface area contributed by atoms with E-state index in [9.17, 15) is 19.8 Å². The number of rotatable bonds is 2. The third-order valence-corrected chi connectivity index (χ3v) is 1.51. The summed E-state index contributed by atoms with van der Waals surface area (Å²) < 4.78 is 8.34. The molecule has 0 saturated carbocycles. The van der Waals surface area contributed by atoms with Crippen molar-refractivity contribution < 1.29 is 47.3 Å². The summed E-state index contributed by atoms with van der Waals surface area (Å²) in [4.78, 5) is 19.5. The van der Waals surface area contributed by atoms with Crippen LogP contribution in [0, 0.1) is 0 Å². The molecule has 16 heavy (non-hydrogen) atoms. The van der Waals surface area contributed by atoms with Crippen LogP contribution in [0.1, 0.15) is 27.7 Å². The molecule has 0 N–H and O–H groups in total. The first-order valence-electron chi connectivity index (χ1n) is 4.25. The summed E-state index contributed by atoms with van der Waals surface area (Å²) in [6.45, 7) is 6.31. The summed E-state index contributed by atoms with van der Waals surface area (Å²) in [6.07, 6.45) is 2.99. The summed E-state index contributed by atoms with van der Waals surface area (Å²) in [5, 5.41) is 19.5. The van der Waals surface area contributed by atoms with Gasteiger partial charge in [0.25, 0.3) is 0 Å². The Morgan fingerprint density at radius 2 is 1.06 bits per heavy atom. The molecule has 0 atom stereocenters. The molecule has 0 bridgehead atoms. The average Bonchev–Trinajstić information content (AvgIpc) is 2.29. The second kappa shape index (κ2) is 14.1. The SMILES string of the molecule is CC=C(C)C(=O)[O-].CC=C(C)C(=O)[O-].[O]=[Zr+2]. The van der Waals surface area contributed by atoms with Crippen LogP contribution in [0.2, 0.25) is 0 Å². The fourth-order valence-corrected chi connectivity index (χ4v) is 0.236. The summed E-state index contributed by atoms with van der Waals surface area (Å²) in [5.74, 6) is -2.19. The molecule has 0 aromatic rings. The van der Waals surface area contributed by atoms with Gasteiger partial charge in [-0.3, -0.25) is 0 Å². The quantitative estimate of drug-likeness (QED) is 0.627. The molecule has 0 saturated heterocycles. The van der Waals surface area contributed by atoms with Gasteiger partial charge in [0.2, 0.25) is 0 Å². The molecule has 0 fully saturated rings. The molecule has 0 aliphatic heterocycles. The molecule has 5 nitrogen and oxygen atoms in total. The molecule has 0 aliphatic rings. The molecule has 0 amide bonds. The molecule has 88 valence electrons. The molecule has 0 rings (SSSR count). The zero-order valence-electron chi connectivity index (χ0n) is 9.70. The average molecular weight is 305 g/mol. The molecule has 0 aromatic carbocycles. The predicted molar refractivity (Wildman–Crippen MR) is 49.6 cm³/mol. The third-order valence-electron chi connectivity index (χ3n) is 1.51. The molecule has 0 radical (unpaired) electrons. The van der Waals surface area contributed by atoms with Crippen LogP contribution in [0.4, 0.5) is 0 Å². The van der Waals surface area contributed by atoms with Gasteiger partial charge >= 0.3 is 27.5 Å². The van der Waals surface area contributed by atoms with Gasteiger partial charge in [0, 0.05) is 0 Å². The van der Waals surface area contributed by atoms with Crippen molar-refractivity contribution >= 4 is 11.9 Å². The Morgan fingerprint density at radius 1 is 0.875 bits per heavy atom. The first kappa shape index (κ1) is 20.5. The van der Waals surface area contributed by atoms with E-state index in [1.165, 1.54) is 26.0 Å². The maximum atomic E-state index is 9.75. The van der Waals surface area contributed by atoms with Crippen LogP contribution in [0.15, 0.2) is 23.3 Å². The number of carboxylic acids is 2. The van der Waals surface area contributed by atoms with Crippen LogP contribution in [-0.2, 0) is 37.1 Å². The predicted octanol–water partition coefficient (Wildman–Crippen LogP) is -0.716. The van der Waals surface area contributed by atoms with Crippen LogP contribution < -0.4 is 10.2 Å². The van der Waals surface area contributed by atoms with Crippen molar-refractivity contribution in [2.45, 2.75) is 27.7 Å². The monoisotopic (exact) mass is 304 g/mol. The standard InChI is InChI=1S/2C5H8O2.O.Zr/c2*1-3-4(2)5(6)7;;/h2*3H,1-2H3,(H,6,7);;/q;;;+2/p-2. The fraction of sp³-hybridized carbons (Fsp3) is 0.400. The second-order valence-electron chi connectivity index (χ2n) is 2.52. The first-order chi connectivity index (χ1) is 7.36. The normalized spacial score (nSPS) is 10.4. The number of allylic oxidation sites excluding steroid dienone is 2. The van der Waals surface area contributed by atoms with Crippen LogP contribution in [0.25, 0.3) is 0 Å². The van der Waals surface area contributed by atoms with E-state index in [0.717, 1.165) is 0 Å². The first-order valence-corrected chi connectivity index (χ1v) is 5.26. The Labute approximate surface area is 110 Å². The van der Waals surface area contributed by atoms with Gasteiger partial charge in [-0.15, -0.1) is 0 Å². The Kier molecular flexibility index (Phi) is 18.1. The topological polar surface area (TPSA) is 97.3 Å². The van der Waals surface area contributed by atoms with Crippen molar-refractivity contribution in [2.75, 3.05) is 0 Å². The Balaban J connectivity index is -0.000000183. The van der Waals surface area contributed by atoms with E-state index in [1.54, 1.807) is 13.8 Å². The number of carbonyl (C=O) groups is 2. The minimum atomic E-state index is -1.09. The van der Waals surface area contributed by atoms with E-state index in [-0.39, 0.29) is 11.1 Å². The number of aliphatic carboxylic acids is 2. The third kappa shape index (κ3) is 15.6. The van der Waals surface area contributed by atoms with Gasteiger partial charge in [0.1, 0.15) is 0 Å². The van der Waals surface area contributed by atoms with Gasteiger partial charge in [-0.25, -0.2) is 0 Å². The molecule has 0 unspecified atom stereocenters. The van der Waals surface area contributed by atoms with Gasteiger partial charge in [-0.05, 0) is 38.8 Å². The van der Waals surface area contributed by atoms with Crippen molar-refractivity contribution in [3.05, 3.63) is 23.3 Å². The Bertz CT molecular complexity index is 253. The number of carboxylic acid groups (broad SMARTS) is 2.